The van der Waals surface area contributed by atoms with Crippen LogP contribution in [0.25, 0.3) is 15.3 Å². The zero-order chi connectivity index (χ0) is 12.7. The summed E-state index contributed by atoms with van der Waals surface area (Å²) in [6.45, 7) is 0. The van der Waals surface area contributed by atoms with Gasteiger partial charge in [-0.15, -0.1) is 0 Å². The molecule has 0 saturated heterocycles. The summed E-state index contributed by atoms with van der Waals surface area (Å²) in [5, 5.41) is 1.74. The Morgan fingerprint density at radius 1 is 1.00 bits per heavy atom. The number of rotatable bonds is 1. The molecule has 3 aromatic rings. The minimum absolute atomic E-state index is 0.0315. The molecular weight excluding hydrogens is 336 g/mol. The first kappa shape index (κ1) is 12.1. The molecule has 0 fully saturated rings. The quantitative estimate of drug-likeness (QED) is 0.621. The van der Waals surface area contributed by atoms with E-state index >= 15 is 0 Å². The van der Waals surface area contributed by atoms with Crippen molar-refractivity contribution in [1.82, 2.24) is 3.56 Å². The first-order valence-corrected chi connectivity index (χ1v) is 7.61. The van der Waals surface area contributed by atoms with Gasteiger partial charge in [0.15, 0.2) is 0 Å². The second-order valence-corrected chi connectivity index (χ2v) is 6.67. The molecule has 18 heavy (non-hydrogen) atoms. The van der Waals surface area contributed by atoms with Crippen LogP contribution in [0.2, 0.25) is 10.0 Å². The van der Waals surface area contributed by atoms with Gasteiger partial charge in [-0.05, 0) is 0 Å². The Morgan fingerprint density at radius 3 is 2.50 bits per heavy atom. The SMILES string of the molecule is O=c1c2ccccc2[se]n1-c1ccc(Cl)c(Cl)c1. The van der Waals surface area contributed by atoms with Crippen molar-refractivity contribution in [3.63, 3.8) is 0 Å². The molecule has 0 bridgehead atoms. The summed E-state index contributed by atoms with van der Waals surface area (Å²) in [6, 6.07) is 12.9. The van der Waals surface area contributed by atoms with Crippen LogP contribution in [0.15, 0.2) is 47.3 Å². The molecule has 5 heteroatoms. The average Bonchev–Trinajstić information content (AvgIpc) is 2.71. The molecule has 0 unspecified atom stereocenters. The summed E-state index contributed by atoms with van der Waals surface area (Å²) in [5.74, 6) is 0. The Hall–Kier alpha value is -0.991. The molecule has 3 rings (SSSR count). The molecule has 0 spiro atoms. The second-order valence-electron chi connectivity index (χ2n) is 3.79. The molecule has 0 saturated carbocycles. The van der Waals surface area contributed by atoms with Crippen molar-refractivity contribution in [2.24, 2.45) is 0 Å². The number of benzene rings is 2. The molecule has 0 aliphatic rings. The number of aromatic nitrogens is 1. The van der Waals surface area contributed by atoms with Gasteiger partial charge in [-0.25, -0.2) is 0 Å². The van der Waals surface area contributed by atoms with Gasteiger partial charge in [-0.1, -0.05) is 0 Å². The third kappa shape index (κ3) is 1.94. The van der Waals surface area contributed by atoms with Crippen LogP contribution in [0.4, 0.5) is 0 Å². The van der Waals surface area contributed by atoms with Crippen LogP contribution in [0.3, 0.4) is 0 Å². The van der Waals surface area contributed by atoms with E-state index in [1.807, 2.05) is 30.3 Å². The predicted molar refractivity (Wildman–Crippen MR) is 76.5 cm³/mol. The Labute approximate surface area is 119 Å². The number of hydrogen-bond acceptors (Lipinski definition) is 1. The first-order valence-electron chi connectivity index (χ1n) is 5.23. The van der Waals surface area contributed by atoms with Crippen molar-refractivity contribution >= 4 is 47.6 Å². The molecule has 90 valence electrons. The second kappa shape index (κ2) is 4.60. The van der Waals surface area contributed by atoms with E-state index in [0.717, 1.165) is 15.3 Å². The molecule has 0 N–H and O–H groups in total. The Kier molecular flexibility index (Phi) is 3.08. The van der Waals surface area contributed by atoms with E-state index in [1.54, 1.807) is 15.7 Å². The molecule has 0 atom stereocenters. The number of nitrogens with zero attached hydrogens (tertiary/aromatic N) is 1. The molecule has 1 heterocycles. The van der Waals surface area contributed by atoms with Crippen molar-refractivity contribution in [2.45, 2.75) is 0 Å². The van der Waals surface area contributed by atoms with E-state index in [1.165, 1.54) is 0 Å². The molecule has 1 aromatic heterocycles. The monoisotopic (exact) mass is 343 g/mol. The molecule has 0 aliphatic carbocycles. The third-order valence-corrected chi connectivity index (χ3v) is 5.70. The fraction of sp³-hybridized carbons (Fsp3) is 0. The summed E-state index contributed by atoms with van der Waals surface area (Å²) in [6.07, 6.45) is 0. The Morgan fingerprint density at radius 2 is 1.78 bits per heavy atom. The Bertz CT molecular complexity index is 791. The zero-order valence-electron chi connectivity index (χ0n) is 9.06. The van der Waals surface area contributed by atoms with Crippen molar-refractivity contribution in [2.75, 3.05) is 0 Å². The van der Waals surface area contributed by atoms with Crippen molar-refractivity contribution in [3.8, 4) is 5.69 Å². The third-order valence-electron chi connectivity index (χ3n) is 2.63. The van der Waals surface area contributed by atoms with Gasteiger partial charge in [0.2, 0.25) is 0 Å². The molecule has 2 aromatic carbocycles. The number of hydrogen-bond donors (Lipinski definition) is 0. The fourth-order valence-corrected chi connectivity index (χ4v) is 4.12. The van der Waals surface area contributed by atoms with Crippen molar-refractivity contribution < 1.29 is 0 Å². The topological polar surface area (TPSA) is 22.0 Å². The van der Waals surface area contributed by atoms with Crippen molar-refractivity contribution in [1.29, 1.82) is 0 Å². The molecule has 0 radical (unpaired) electrons. The number of fused-ring (bicyclic) bond motifs is 1. The van der Waals surface area contributed by atoms with Gasteiger partial charge in [0.05, 0.1) is 0 Å². The van der Waals surface area contributed by atoms with Gasteiger partial charge in [0, 0.05) is 0 Å². The molecule has 0 amide bonds. The number of halogens is 2. The minimum atomic E-state index is -0.0369. The summed E-state index contributed by atoms with van der Waals surface area (Å²) in [4.78, 5) is 12.3. The van der Waals surface area contributed by atoms with Crippen LogP contribution in [-0.2, 0) is 0 Å². The summed E-state index contributed by atoms with van der Waals surface area (Å²) >= 11 is 11.8. The van der Waals surface area contributed by atoms with E-state index < -0.39 is 0 Å². The van der Waals surface area contributed by atoms with Gasteiger partial charge in [0.1, 0.15) is 0 Å². The Balaban J connectivity index is 2.28. The average molecular weight is 343 g/mol. The van der Waals surface area contributed by atoms with Gasteiger partial charge in [-0.3, -0.25) is 0 Å². The van der Waals surface area contributed by atoms with Crippen LogP contribution in [0, 0.1) is 0 Å². The first-order chi connectivity index (χ1) is 8.66. The molecule has 0 aliphatic heterocycles. The predicted octanol–water partition coefficient (Wildman–Crippen LogP) is 3.35. The normalized spacial score (nSPS) is 11.0. The van der Waals surface area contributed by atoms with Crippen LogP contribution in [0.5, 0.6) is 0 Å². The summed E-state index contributed by atoms with van der Waals surface area (Å²) < 4.78 is 2.86. The summed E-state index contributed by atoms with van der Waals surface area (Å²) in [7, 11) is 0. The maximum absolute atomic E-state index is 12.3. The fourth-order valence-electron chi connectivity index (χ4n) is 1.75. The van der Waals surface area contributed by atoms with Crippen molar-refractivity contribution in [3.05, 3.63) is 62.9 Å². The van der Waals surface area contributed by atoms with Gasteiger partial charge >= 0.3 is 120 Å². The van der Waals surface area contributed by atoms with E-state index in [2.05, 4.69) is 0 Å². The zero-order valence-corrected chi connectivity index (χ0v) is 12.3. The van der Waals surface area contributed by atoms with E-state index in [9.17, 15) is 4.79 Å². The van der Waals surface area contributed by atoms with Crippen LogP contribution in [-0.4, -0.2) is 18.3 Å². The van der Waals surface area contributed by atoms with Gasteiger partial charge < -0.3 is 0 Å². The van der Waals surface area contributed by atoms with E-state index in [0.29, 0.717) is 10.0 Å². The molecule has 2 nitrogen and oxygen atoms in total. The van der Waals surface area contributed by atoms with E-state index in [-0.39, 0.29) is 20.3 Å². The summed E-state index contributed by atoms with van der Waals surface area (Å²) in [5.41, 5.74) is 0.828. The molecular formula is C13H7Cl2NOSe. The standard InChI is InChI=1S/C13H7Cl2NOSe/c14-10-6-5-8(7-11(10)15)16-13(17)9-3-1-2-4-12(9)18-16/h1-7H. The van der Waals surface area contributed by atoms with Crippen LogP contribution in [0.1, 0.15) is 0 Å². The van der Waals surface area contributed by atoms with Crippen LogP contribution < -0.4 is 5.56 Å². The maximum atomic E-state index is 12.3. The van der Waals surface area contributed by atoms with Gasteiger partial charge in [0.25, 0.3) is 0 Å². The van der Waals surface area contributed by atoms with Crippen LogP contribution >= 0.6 is 23.2 Å². The van der Waals surface area contributed by atoms with Gasteiger partial charge in [-0.2, -0.15) is 0 Å². The van der Waals surface area contributed by atoms with E-state index in [4.69, 9.17) is 23.2 Å².